The maximum Gasteiger partial charge on any atom is 0.151 e. The van der Waals surface area contributed by atoms with Crippen molar-refractivity contribution in [3.05, 3.63) is 65.2 Å². The van der Waals surface area contributed by atoms with E-state index in [1.807, 2.05) is 0 Å². The zero-order valence-electron chi connectivity index (χ0n) is 14.5. The minimum absolute atomic E-state index is 0.614. The second-order valence-corrected chi connectivity index (χ2v) is 6.81. The van der Waals surface area contributed by atoms with Gasteiger partial charge in [0.15, 0.2) is 7.28 Å². The quantitative estimate of drug-likeness (QED) is 0.479. The van der Waals surface area contributed by atoms with Gasteiger partial charge in [-0.15, -0.1) is 0 Å². The fraction of sp³-hybridized carbons (Fsp3) is 0.429. The van der Waals surface area contributed by atoms with Crippen molar-refractivity contribution in [1.82, 2.24) is 0 Å². The van der Waals surface area contributed by atoms with Crippen LogP contribution in [0.3, 0.4) is 0 Å². The molecule has 115 valence electrons. The van der Waals surface area contributed by atoms with Crippen LogP contribution in [0.25, 0.3) is 0 Å². The van der Waals surface area contributed by atoms with Gasteiger partial charge in [0, 0.05) is 0 Å². The molecular formula is C21H28B. The van der Waals surface area contributed by atoms with Crippen molar-refractivity contribution < 1.29 is 0 Å². The van der Waals surface area contributed by atoms with Crippen molar-refractivity contribution in [1.29, 1.82) is 0 Å². The molecule has 0 bridgehead atoms. The number of hydrogen-bond acceptors (Lipinski definition) is 0. The molecule has 1 heteroatoms. The van der Waals surface area contributed by atoms with E-state index in [1.54, 1.807) is 0 Å². The third-order valence-electron chi connectivity index (χ3n) is 4.30. The summed E-state index contributed by atoms with van der Waals surface area (Å²) in [7, 11) is 2.35. The molecule has 2 aromatic rings. The Morgan fingerprint density at radius 1 is 0.727 bits per heavy atom. The van der Waals surface area contributed by atoms with Crippen molar-refractivity contribution in [2.75, 3.05) is 0 Å². The highest BCUT2D eigenvalue weighted by Gasteiger charge is 2.02. The lowest BCUT2D eigenvalue weighted by molar-refractivity contribution is 0.860. The summed E-state index contributed by atoms with van der Waals surface area (Å²) in [5.41, 5.74) is 5.65. The molecule has 0 unspecified atom stereocenters. The number of hydrogen-bond donors (Lipinski definition) is 0. The van der Waals surface area contributed by atoms with E-state index < -0.39 is 0 Å². The van der Waals surface area contributed by atoms with Gasteiger partial charge >= 0.3 is 0 Å². The molecule has 0 saturated carbocycles. The zero-order valence-corrected chi connectivity index (χ0v) is 14.5. The molecule has 0 amide bonds. The van der Waals surface area contributed by atoms with Gasteiger partial charge in [0.1, 0.15) is 0 Å². The van der Waals surface area contributed by atoms with Crippen LogP contribution in [-0.4, -0.2) is 7.28 Å². The maximum absolute atomic E-state index is 2.35. The molecule has 0 heterocycles. The predicted octanol–water partition coefficient (Wildman–Crippen LogP) is 5.31. The monoisotopic (exact) mass is 291 g/mol. The molecule has 0 aliphatic carbocycles. The molecular weight excluding hydrogens is 263 g/mol. The summed E-state index contributed by atoms with van der Waals surface area (Å²) in [5.74, 6) is 1.24. The summed E-state index contributed by atoms with van der Waals surface area (Å²) >= 11 is 0. The Labute approximate surface area is 137 Å². The standard InChI is InChI=1S/C21H28B/c1-16(2)19-9-7-18(8-10-19)6-5-15-22-21-13-11-20(12-14-21)17(3)4/h7-14,16-17H,5-6,15H2,1-4H3. The van der Waals surface area contributed by atoms with Crippen LogP contribution < -0.4 is 5.46 Å². The van der Waals surface area contributed by atoms with Gasteiger partial charge in [-0.05, 0) is 34.9 Å². The Kier molecular flexibility index (Phi) is 6.30. The Morgan fingerprint density at radius 3 is 1.73 bits per heavy atom. The zero-order chi connectivity index (χ0) is 15.9. The van der Waals surface area contributed by atoms with Gasteiger partial charge in [-0.3, -0.25) is 0 Å². The van der Waals surface area contributed by atoms with Gasteiger partial charge in [0.25, 0.3) is 0 Å². The molecule has 0 spiro atoms. The molecule has 0 aromatic heterocycles. The fourth-order valence-corrected chi connectivity index (χ4v) is 2.66. The van der Waals surface area contributed by atoms with Crippen molar-refractivity contribution >= 4 is 12.7 Å². The van der Waals surface area contributed by atoms with Crippen LogP contribution in [0.1, 0.15) is 62.6 Å². The molecule has 0 aliphatic heterocycles. The average Bonchev–Trinajstić information content (AvgIpc) is 2.52. The smallest absolute Gasteiger partial charge is 0.0878 e. The molecule has 1 radical (unpaired) electrons. The van der Waals surface area contributed by atoms with Gasteiger partial charge in [-0.1, -0.05) is 94.4 Å². The van der Waals surface area contributed by atoms with Crippen molar-refractivity contribution in [2.45, 2.75) is 58.7 Å². The van der Waals surface area contributed by atoms with Gasteiger partial charge in [-0.2, -0.15) is 0 Å². The topological polar surface area (TPSA) is 0 Å². The molecule has 22 heavy (non-hydrogen) atoms. The number of rotatable bonds is 7. The first-order valence-corrected chi connectivity index (χ1v) is 8.58. The molecule has 0 saturated heterocycles. The summed E-state index contributed by atoms with van der Waals surface area (Å²) in [6.45, 7) is 8.97. The molecule has 2 aromatic carbocycles. The van der Waals surface area contributed by atoms with E-state index in [4.69, 9.17) is 0 Å². The number of benzene rings is 2. The summed E-state index contributed by atoms with van der Waals surface area (Å²) < 4.78 is 0. The van der Waals surface area contributed by atoms with E-state index in [9.17, 15) is 0 Å². The van der Waals surface area contributed by atoms with Crippen LogP contribution in [0.5, 0.6) is 0 Å². The summed E-state index contributed by atoms with van der Waals surface area (Å²) in [6.07, 6.45) is 3.53. The summed E-state index contributed by atoms with van der Waals surface area (Å²) in [6, 6.07) is 18.1. The average molecular weight is 291 g/mol. The normalized spacial score (nSPS) is 11.2. The molecule has 0 atom stereocenters. The molecule has 2 rings (SSSR count). The highest BCUT2D eigenvalue weighted by Crippen LogP contribution is 2.16. The van der Waals surface area contributed by atoms with E-state index in [2.05, 4.69) is 83.5 Å². The third kappa shape index (κ3) is 5.05. The van der Waals surface area contributed by atoms with Crippen LogP contribution in [-0.2, 0) is 6.42 Å². The molecule has 0 nitrogen and oxygen atoms in total. The second-order valence-electron chi connectivity index (χ2n) is 6.81. The highest BCUT2D eigenvalue weighted by molar-refractivity contribution is 6.53. The first-order chi connectivity index (χ1) is 10.6. The first-order valence-electron chi connectivity index (χ1n) is 8.58. The largest absolute Gasteiger partial charge is 0.151 e. The van der Waals surface area contributed by atoms with Crippen LogP contribution in [0.15, 0.2) is 48.5 Å². The molecule has 0 N–H and O–H groups in total. The van der Waals surface area contributed by atoms with E-state index in [-0.39, 0.29) is 0 Å². The Morgan fingerprint density at radius 2 is 1.23 bits per heavy atom. The van der Waals surface area contributed by atoms with Crippen molar-refractivity contribution in [2.24, 2.45) is 0 Å². The SMILES string of the molecule is CC(C)c1ccc([B]CCCc2ccc(C(C)C)cc2)cc1. The van der Waals surface area contributed by atoms with Gasteiger partial charge < -0.3 is 0 Å². The second kappa shape index (κ2) is 8.22. The van der Waals surface area contributed by atoms with Crippen molar-refractivity contribution in [3.63, 3.8) is 0 Å². The molecule has 0 aliphatic rings. The van der Waals surface area contributed by atoms with Gasteiger partial charge in [0.05, 0.1) is 0 Å². The minimum atomic E-state index is 0.614. The summed E-state index contributed by atoms with van der Waals surface area (Å²) in [4.78, 5) is 0. The third-order valence-corrected chi connectivity index (χ3v) is 4.30. The van der Waals surface area contributed by atoms with E-state index in [0.717, 1.165) is 6.32 Å². The van der Waals surface area contributed by atoms with E-state index >= 15 is 0 Å². The Hall–Kier alpha value is -1.50. The predicted molar refractivity (Wildman–Crippen MR) is 99.6 cm³/mol. The van der Waals surface area contributed by atoms with Crippen LogP contribution in [0.4, 0.5) is 0 Å². The van der Waals surface area contributed by atoms with E-state index in [0.29, 0.717) is 11.8 Å². The van der Waals surface area contributed by atoms with Crippen LogP contribution >= 0.6 is 0 Å². The lowest BCUT2D eigenvalue weighted by atomic mass is 9.66. The number of aryl methyl sites for hydroxylation is 1. The maximum atomic E-state index is 2.35. The minimum Gasteiger partial charge on any atom is -0.0878 e. The molecule has 0 fully saturated rings. The van der Waals surface area contributed by atoms with Crippen LogP contribution in [0, 0.1) is 0 Å². The van der Waals surface area contributed by atoms with Crippen LogP contribution in [0.2, 0.25) is 6.32 Å². The van der Waals surface area contributed by atoms with Gasteiger partial charge in [0.2, 0.25) is 0 Å². The Balaban J connectivity index is 1.74. The Bertz CT molecular complexity index is 496. The first kappa shape index (κ1) is 16.9. The summed E-state index contributed by atoms with van der Waals surface area (Å²) in [5, 5.41) is 0. The highest BCUT2D eigenvalue weighted by atomic mass is 14.0. The van der Waals surface area contributed by atoms with Gasteiger partial charge in [-0.25, -0.2) is 0 Å². The fourth-order valence-electron chi connectivity index (χ4n) is 2.66. The van der Waals surface area contributed by atoms with E-state index in [1.165, 1.54) is 35.0 Å². The van der Waals surface area contributed by atoms with Crippen molar-refractivity contribution in [3.8, 4) is 0 Å². The lowest BCUT2D eigenvalue weighted by Crippen LogP contribution is -2.13. The lowest BCUT2D eigenvalue weighted by Gasteiger charge is -2.08.